The van der Waals surface area contributed by atoms with Gasteiger partial charge in [-0.05, 0) is 51.7 Å². The van der Waals surface area contributed by atoms with Gasteiger partial charge in [-0.3, -0.25) is 4.79 Å². The van der Waals surface area contributed by atoms with Crippen LogP contribution in [0, 0.1) is 5.92 Å². The van der Waals surface area contributed by atoms with Crippen molar-refractivity contribution in [1.82, 2.24) is 14.8 Å². The number of hydrogen-bond donors (Lipinski definition) is 1. The van der Waals surface area contributed by atoms with Gasteiger partial charge in [0.2, 0.25) is 5.89 Å². The van der Waals surface area contributed by atoms with Gasteiger partial charge in [-0.15, -0.1) is 11.3 Å². The number of hydrogen-bond acceptors (Lipinski definition) is 8. The summed E-state index contributed by atoms with van der Waals surface area (Å²) in [5.74, 6) is 1.21. The number of nitrogens with zero attached hydrogens (tertiary/aromatic N) is 4. The number of aromatic nitrogens is 1. The van der Waals surface area contributed by atoms with Gasteiger partial charge in [-0.2, -0.15) is 0 Å². The standard InChI is InChI=1S/C25H33N5O4S/c1-5-7-29(15-22-27-6-8-33-22)23(31)17-10-20-19(28-21(26)11-17)12-18(35-20)9-16-13-30(14-16)24(32)34-25(2,3)4/h6,8,10,12,16H,5,7,9,11,13-15H2,1-4H3,(H2,26,28). The third-order valence-electron chi connectivity index (χ3n) is 5.70. The fourth-order valence-electron chi connectivity index (χ4n) is 4.15. The molecule has 2 aliphatic rings. The van der Waals surface area contributed by atoms with Crippen LogP contribution < -0.4 is 5.73 Å². The number of amides is 2. The number of carbonyl (C=O) groups excluding carboxylic acids is 2. The van der Waals surface area contributed by atoms with Crippen LogP contribution in [0.5, 0.6) is 0 Å². The van der Waals surface area contributed by atoms with E-state index in [9.17, 15) is 9.59 Å². The minimum absolute atomic E-state index is 0.0852. The Kier molecular flexibility index (Phi) is 7.30. The SMILES string of the molecule is CCCN(Cc1ncco1)C(=O)C1=Cc2sc(CC3CN(C(=O)OC(C)(C)C)C3)cc2N=C(N)C1. The molecule has 0 atom stereocenters. The molecule has 0 bridgehead atoms. The highest BCUT2D eigenvalue weighted by molar-refractivity contribution is 7.13. The molecule has 2 amide bonds. The molecule has 9 nitrogen and oxygen atoms in total. The molecule has 0 saturated carbocycles. The number of thiophene rings is 1. The average Bonchev–Trinajstić information content (AvgIpc) is 3.34. The second-order valence-corrected chi connectivity index (χ2v) is 11.2. The summed E-state index contributed by atoms with van der Waals surface area (Å²) in [6.45, 7) is 9.89. The Morgan fingerprint density at radius 1 is 1.34 bits per heavy atom. The first-order chi connectivity index (χ1) is 16.6. The molecule has 2 aromatic rings. The van der Waals surface area contributed by atoms with Crippen molar-refractivity contribution >= 4 is 40.9 Å². The van der Waals surface area contributed by atoms with E-state index in [1.165, 1.54) is 6.26 Å². The number of oxazole rings is 1. The summed E-state index contributed by atoms with van der Waals surface area (Å²) < 4.78 is 10.8. The van der Waals surface area contributed by atoms with Crippen molar-refractivity contribution in [2.75, 3.05) is 19.6 Å². The monoisotopic (exact) mass is 499 g/mol. The molecule has 2 aliphatic heterocycles. The van der Waals surface area contributed by atoms with Crippen LogP contribution >= 0.6 is 11.3 Å². The first-order valence-electron chi connectivity index (χ1n) is 11.9. The molecule has 35 heavy (non-hydrogen) atoms. The Morgan fingerprint density at radius 2 is 2.11 bits per heavy atom. The van der Waals surface area contributed by atoms with Gasteiger partial charge in [0.15, 0.2) is 0 Å². The lowest BCUT2D eigenvalue weighted by molar-refractivity contribution is -0.128. The topological polar surface area (TPSA) is 114 Å². The molecule has 188 valence electrons. The van der Waals surface area contributed by atoms with Crippen molar-refractivity contribution < 1.29 is 18.7 Å². The molecule has 10 heteroatoms. The third-order valence-corrected chi connectivity index (χ3v) is 6.79. The predicted molar refractivity (Wildman–Crippen MR) is 135 cm³/mol. The van der Waals surface area contributed by atoms with Gasteiger partial charge in [0.25, 0.3) is 5.91 Å². The van der Waals surface area contributed by atoms with Crippen LogP contribution in [-0.4, -0.2) is 57.9 Å². The average molecular weight is 500 g/mol. The predicted octanol–water partition coefficient (Wildman–Crippen LogP) is 4.36. The third kappa shape index (κ3) is 6.30. The maximum Gasteiger partial charge on any atom is 0.410 e. The lowest BCUT2D eigenvalue weighted by atomic mass is 9.96. The minimum atomic E-state index is -0.492. The van der Waals surface area contributed by atoms with Crippen LogP contribution in [0.25, 0.3) is 6.08 Å². The van der Waals surface area contributed by atoms with Gasteiger partial charge in [0, 0.05) is 36.5 Å². The highest BCUT2D eigenvalue weighted by Crippen LogP contribution is 2.37. The summed E-state index contributed by atoms with van der Waals surface area (Å²) in [7, 11) is 0. The first kappa shape index (κ1) is 25.0. The Hall–Kier alpha value is -3.14. The van der Waals surface area contributed by atoms with Crippen molar-refractivity contribution in [3.8, 4) is 0 Å². The van der Waals surface area contributed by atoms with E-state index in [0.717, 1.165) is 28.3 Å². The van der Waals surface area contributed by atoms with E-state index in [-0.39, 0.29) is 12.0 Å². The first-order valence-corrected chi connectivity index (χ1v) is 12.7. The molecular weight excluding hydrogens is 466 g/mol. The van der Waals surface area contributed by atoms with Crippen molar-refractivity contribution in [2.45, 2.75) is 59.1 Å². The van der Waals surface area contributed by atoms with Gasteiger partial charge in [-0.1, -0.05) is 6.92 Å². The Labute approximate surface area is 209 Å². The summed E-state index contributed by atoms with van der Waals surface area (Å²) >= 11 is 1.62. The fourth-order valence-corrected chi connectivity index (χ4v) is 5.34. The van der Waals surface area contributed by atoms with E-state index in [2.05, 4.69) is 9.98 Å². The smallest absolute Gasteiger partial charge is 0.410 e. The van der Waals surface area contributed by atoms with Crippen LogP contribution in [0.3, 0.4) is 0 Å². The molecule has 0 spiro atoms. The largest absolute Gasteiger partial charge is 0.447 e. The zero-order valence-corrected chi connectivity index (χ0v) is 21.6. The van der Waals surface area contributed by atoms with E-state index in [4.69, 9.17) is 14.9 Å². The Morgan fingerprint density at radius 3 is 2.77 bits per heavy atom. The quantitative estimate of drug-likeness (QED) is 0.605. The molecule has 1 fully saturated rings. The Bertz CT molecular complexity index is 1120. The highest BCUT2D eigenvalue weighted by Gasteiger charge is 2.34. The molecule has 2 N–H and O–H groups in total. The maximum atomic E-state index is 13.4. The van der Waals surface area contributed by atoms with Crippen molar-refractivity contribution in [2.24, 2.45) is 16.6 Å². The second-order valence-electron chi connectivity index (χ2n) is 10.0. The van der Waals surface area contributed by atoms with E-state index in [1.54, 1.807) is 27.3 Å². The number of amidine groups is 1. The number of rotatable bonds is 7. The van der Waals surface area contributed by atoms with Crippen LogP contribution in [0.2, 0.25) is 0 Å². The number of nitrogens with two attached hydrogens (primary N) is 1. The maximum absolute atomic E-state index is 13.4. The molecule has 0 aliphatic carbocycles. The number of carbonyl (C=O) groups is 2. The lowest BCUT2D eigenvalue weighted by Gasteiger charge is -2.39. The summed E-state index contributed by atoms with van der Waals surface area (Å²) in [5.41, 5.74) is 7.10. The minimum Gasteiger partial charge on any atom is -0.447 e. The van der Waals surface area contributed by atoms with E-state index in [1.807, 2.05) is 39.8 Å². The second kappa shape index (κ2) is 10.2. The van der Waals surface area contributed by atoms with E-state index >= 15 is 0 Å². The molecule has 0 radical (unpaired) electrons. The lowest BCUT2D eigenvalue weighted by Crippen LogP contribution is -2.52. The zero-order valence-electron chi connectivity index (χ0n) is 20.7. The molecule has 1 saturated heterocycles. The Balaban J connectivity index is 1.44. The molecule has 0 aromatic carbocycles. The van der Waals surface area contributed by atoms with Gasteiger partial charge < -0.3 is 24.7 Å². The van der Waals surface area contributed by atoms with Crippen molar-refractivity contribution in [3.63, 3.8) is 0 Å². The molecular formula is C25H33N5O4S. The van der Waals surface area contributed by atoms with Gasteiger partial charge in [0.1, 0.15) is 17.7 Å². The van der Waals surface area contributed by atoms with Crippen LogP contribution in [-0.2, 0) is 22.5 Å². The van der Waals surface area contributed by atoms with Crippen LogP contribution in [0.4, 0.5) is 10.5 Å². The number of fused-ring (bicyclic) bond motifs is 1. The molecule has 0 unspecified atom stereocenters. The molecule has 4 heterocycles. The normalized spacial score (nSPS) is 16.1. The number of likely N-dealkylation sites (tertiary alicyclic amines) is 1. The van der Waals surface area contributed by atoms with Crippen LogP contribution in [0.1, 0.15) is 56.2 Å². The van der Waals surface area contributed by atoms with Gasteiger partial charge in [0.05, 0.1) is 23.3 Å². The summed E-state index contributed by atoms with van der Waals surface area (Å²) in [6.07, 6.45) is 6.70. The zero-order chi connectivity index (χ0) is 25.2. The van der Waals surface area contributed by atoms with Crippen LogP contribution in [0.15, 0.2) is 33.5 Å². The molecule has 2 aromatic heterocycles. The van der Waals surface area contributed by atoms with E-state index in [0.29, 0.717) is 55.8 Å². The van der Waals surface area contributed by atoms with E-state index < -0.39 is 5.60 Å². The fraction of sp³-hybridized carbons (Fsp3) is 0.520. The van der Waals surface area contributed by atoms with Crippen molar-refractivity contribution in [1.29, 1.82) is 0 Å². The van der Waals surface area contributed by atoms with Crippen molar-refractivity contribution in [3.05, 3.63) is 39.7 Å². The van der Waals surface area contributed by atoms with Gasteiger partial charge in [-0.25, -0.2) is 14.8 Å². The van der Waals surface area contributed by atoms with Gasteiger partial charge >= 0.3 is 6.09 Å². The highest BCUT2D eigenvalue weighted by atomic mass is 32.1. The number of aliphatic imine (C=N–C) groups is 1. The number of ether oxygens (including phenoxy) is 1. The summed E-state index contributed by atoms with van der Waals surface area (Å²) in [6, 6.07) is 2.05. The summed E-state index contributed by atoms with van der Waals surface area (Å²) in [4.78, 5) is 39.9. The molecule has 4 rings (SSSR count). The summed E-state index contributed by atoms with van der Waals surface area (Å²) in [5, 5.41) is 0.